The highest BCUT2D eigenvalue weighted by Gasteiger charge is 2.33. The summed E-state index contributed by atoms with van der Waals surface area (Å²) in [4.78, 5) is 10.1. The molecule has 3 aliphatic rings. The van der Waals surface area contributed by atoms with Gasteiger partial charge in [-0.25, -0.2) is 0 Å². The van der Waals surface area contributed by atoms with E-state index in [1.54, 1.807) is 0 Å². The summed E-state index contributed by atoms with van der Waals surface area (Å²) < 4.78 is 11.9. The fourth-order valence-corrected chi connectivity index (χ4v) is 4.83. The SMILES string of the molecule is CCCOC1(CN=C(NCC)N2CCC(CN3CCOCC3)C2)CCCCC1. The lowest BCUT2D eigenvalue weighted by molar-refractivity contribution is -0.0625. The number of hydrogen-bond donors (Lipinski definition) is 1. The minimum Gasteiger partial charge on any atom is -0.379 e. The van der Waals surface area contributed by atoms with Crippen molar-refractivity contribution in [3.8, 4) is 0 Å². The molecule has 3 fully saturated rings. The van der Waals surface area contributed by atoms with Gasteiger partial charge in [-0.1, -0.05) is 26.2 Å². The zero-order valence-electron chi connectivity index (χ0n) is 18.3. The topological polar surface area (TPSA) is 49.3 Å². The molecule has 0 radical (unpaired) electrons. The Bertz CT molecular complexity index is 473. The van der Waals surface area contributed by atoms with Crippen molar-refractivity contribution in [1.82, 2.24) is 15.1 Å². The van der Waals surface area contributed by atoms with Gasteiger partial charge in [0.1, 0.15) is 0 Å². The third-order valence-corrected chi connectivity index (χ3v) is 6.43. The minimum absolute atomic E-state index is 0.0259. The summed E-state index contributed by atoms with van der Waals surface area (Å²) in [6.45, 7) is 14.3. The zero-order valence-corrected chi connectivity index (χ0v) is 18.3. The van der Waals surface area contributed by atoms with Crippen molar-refractivity contribution in [3.05, 3.63) is 0 Å². The molecule has 1 saturated carbocycles. The third-order valence-electron chi connectivity index (χ3n) is 6.43. The first-order chi connectivity index (χ1) is 13.7. The summed E-state index contributed by atoms with van der Waals surface area (Å²) in [6, 6.07) is 0. The lowest BCUT2D eigenvalue weighted by atomic mass is 9.84. The lowest BCUT2D eigenvalue weighted by Gasteiger charge is -2.36. The number of hydrogen-bond acceptors (Lipinski definition) is 4. The van der Waals surface area contributed by atoms with E-state index in [9.17, 15) is 0 Å². The third kappa shape index (κ3) is 6.33. The zero-order chi connectivity index (χ0) is 19.7. The van der Waals surface area contributed by atoms with Gasteiger partial charge in [-0.3, -0.25) is 9.89 Å². The molecule has 2 heterocycles. The molecule has 0 spiro atoms. The number of guanidine groups is 1. The highest BCUT2D eigenvalue weighted by molar-refractivity contribution is 5.80. The fraction of sp³-hybridized carbons (Fsp3) is 0.955. The Morgan fingerprint density at radius 2 is 1.93 bits per heavy atom. The van der Waals surface area contributed by atoms with Gasteiger partial charge in [-0.05, 0) is 38.5 Å². The van der Waals surface area contributed by atoms with Crippen LogP contribution in [0.5, 0.6) is 0 Å². The highest BCUT2D eigenvalue weighted by Crippen LogP contribution is 2.32. The van der Waals surface area contributed by atoms with Gasteiger partial charge in [0, 0.05) is 45.9 Å². The van der Waals surface area contributed by atoms with Crippen LogP contribution in [0.25, 0.3) is 0 Å². The largest absolute Gasteiger partial charge is 0.379 e. The summed E-state index contributed by atoms with van der Waals surface area (Å²) in [5.41, 5.74) is -0.0259. The summed E-state index contributed by atoms with van der Waals surface area (Å²) in [6.07, 6.45) is 8.57. The number of nitrogens with zero attached hydrogens (tertiary/aromatic N) is 3. The van der Waals surface area contributed by atoms with Crippen LogP contribution in [0.15, 0.2) is 4.99 Å². The average Bonchev–Trinajstić information content (AvgIpc) is 3.19. The number of morpholine rings is 1. The predicted molar refractivity (Wildman–Crippen MR) is 115 cm³/mol. The molecular weight excluding hydrogens is 352 g/mol. The maximum absolute atomic E-state index is 6.36. The maximum Gasteiger partial charge on any atom is 0.194 e. The van der Waals surface area contributed by atoms with Gasteiger partial charge in [0.15, 0.2) is 5.96 Å². The Balaban J connectivity index is 1.56. The normalized spacial score (nSPS) is 26.6. The molecule has 0 aromatic carbocycles. The molecule has 6 heteroatoms. The van der Waals surface area contributed by atoms with E-state index in [4.69, 9.17) is 14.5 Å². The van der Waals surface area contributed by atoms with Crippen LogP contribution in [-0.2, 0) is 9.47 Å². The number of ether oxygens (including phenoxy) is 2. The standard InChI is InChI=1S/C22H42N4O2/c1-3-14-28-22(9-6-5-7-10-22)19-24-21(23-4-2)26-11-8-20(18-26)17-25-12-15-27-16-13-25/h20H,3-19H2,1-2H3,(H,23,24). The Kier molecular flexibility index (Phi) is 8.87. The molecule has 2 aliphatic heterocycles. The summed E-state index contributed by atoms with van der Waals surface area (Å²) in [7, 11) is 0. The molecule has 0 aromatic rings. The first-order valence-electron chi connectivity index (χ1n) is 11.7. The van der Waals surface area contributed by atoms with E-state index in [1.165, 1.54) is 32.2 Å². The van der Waals surface area contributed by atoms with Crippen molar-refractivity contribution < 1.29 is 9.47 Å². The monoisotopic (exact) mass is 394 g/mol. The molecule has 1 atom stereocenters. The van der Waals surface area contributed by atoms with Crippen LogP contribution in [0.4, 0.5) is 0 Å². The van der Waals surface area contributed by atoms with E-state index in [1.807, 2.05) is 0 Å². The second-order valence-electron chi connectivity index (χ2n) is 8.78. The summed E-state index contributed by atoms with van der Waals surface area (Å²) >= 11 is 0. The number of nitrogens with one attached hydrogen (secondary N) is 1. The molecule has 162 valence electrons. The van der Waals surface area contributed by atoms with E-state index in [-0.39, 0.29) is 5.60 Å². The number of likely N-dealkylation sites (tertiary alicyclic amines) is 1. The van der Waals surface area contributed by atoms with Crippen molar-refractivity contribution in [2.45, 2.75) is 64.4 Å². The molecule has 28 heavy (non-hydrogen) atoms. The quantitative estimate of drug-likeness (QED) is 0.507. The van der Waals surface area contributed by atoms with E-state index in [0.29, 0.717) is 0 Å². The first kappa shape index (κ1) is 21.8. The van der Waals surface area contributed by atoms with Crippen molar-refractivity contribution in [1.29, 1.82) is 0 Å². The molecule has 2 saturated heterocycles. The number of rotatable bonds is 8. The molecule has 6 nitrogen and oxygen atoms in total. The molecule has 3 rings (SSSR count). The molecule has 0 amide bonds. The predicted octanol–water partition coefficient (Wildman–Crippen LogP) is 2.74. The smallest absolute Gasteiger partial charge is 0.194 e. The van der Waals surface area contributed by atoms with Crippen molar-refractivity contribution >= 4 is 5.96 Å². The van der Waals surface area contributed by atoms with Crippen LogP contribution in [0.3, 0.4) is 0 Å². The van der Waals surface area contributed by atoms with Crippen LogP contribution >= 0.6 is 0 Å². The van der Waals surface area contributed by atoms with Crippen molar-refractivity contribution in [3.63, 3.8) is 0 Å². The van der Waals surface area contributed by atoms with Gasteiger partial charge in [0.2, 0.25) is 0 Å². The van der Waals surface area contributed by atoms with Gasteiger partial charge in [0.05, 0.1) is 25.4 Å². The second-order valence-corrected chi connectivity index (χ2v) is 8.78. The summed E-state index contributed by atoms with van der Waals surface area (Å²) in [5.74, 6) is 1.83. The Morgan fingerprint density at radius 3 is 2.64 bits per heavy atom. The van der Waals surface area contributed by atoms with Crippen LogP contribution < -0.4 is 5.32 Å². The van der Waals surface area contributed by atoms with E-state index < -0.39 is 0 Å². The highest BCUT2D eigenvalue weighted by atomic mass is 16.5. The van der Waals surface area contributed by atoms with Crippen molar-refractivity contribution in [2.24, 2.45) is 10.9 Å². The Hall–Kier alpha value is -0.850. The van der Waals surface area contributed by atoms with Crippen LogP contribution in [0.2, 0.25) is 0 Å². The Labute approximate surface area is 172 Å². The molecule has 0 aromatic heterocycles. The first-order valence-corrected chi connectivity index (χ1v) is 11.7. The molecule has 1 N–H and O–H groups in total. The maximum atomic E-state index is 6.36. The van der Waals surface area contributed by atoms with Gasteiger partial charge in [-0.15, -0.1) is 0 Å². The molecule has 1 aliphatic carbocycles. The van der Waals surface area contributed by atoms with Gasteiger partial charge < -0.3 is 19.7 Å². The number of aliphatic imine (C=N–C) groups is 1. The van der Waals surface area contributed by atoms with Crippen molar-refractivity contribution in [2.75, 3.05) is 65.6 Å². The second kappa shape index (κ2) is 11.4. The lowest BCUT2D eigenvalue weighted by Crippen LogP contribution is -2.44. The van der Waals surface area contributed by atoms with Crippen LogP contribution in [0, 0.1) is 5.92 Å². The fourth-order valence-electron chi connectivity index (χ4n) is 4.83. The average molecular weight is 395 g/mol. The Morgan fingerprint density at radius 1 is 1.14 bits per heavy atom. The van der Waals surface area contributed by atoms with Gasteiger partial charge in [-0.2, -0.15) is 0 Å². The van der Waals surface area contributed by atoms with E-state index >= 15 is 0 Å². The van der Waals surface area contributed by atoms with E-state index in [2.05, 4.69) is 29.0 Å². The van der Waals surface area contributed by atoms with Crippen LogP contribution in [-0.4, -0.2) is 87.0 Å². The molecule has 1 unspecified atom stereocenters. The summed E-state index contributed by atoms with van der Waals surface area (Å²) in [5, 5.41) is 3.55. The molecular formula is C22H42N4O2. The minimum atomic E-state index is -0.0259. The van der Waals surface area contributed by atoms with E-state index in [0.717, 1.165) is 90.2 Å². The van der Waals surface area contributed by atoms with Gasteiger partial charge >= 0.3 is 0 Å². The van der Waals surface area contributed by atoms with Crippen LogP contribution in [0.1, 0.15) is 58.8 Å². The van der Waals surface area contributed by atoms with Gasteiger partial charge in [0.25, 0.3) is 0 Å². The molecule has 0 bridgehead atoms.